The van der Waals surface area contributed by atoms with Gasteiger partial charge in [-0.3, -0.25) is 4.79 Å². The maximum Gasteiger partial charge on any atom is 0.263 e. The molecule has 0 radical (unpaired) electrons. The zero-order valence-corrected chi connectivity index (χ0v) is 11.9. The number of nitrogens with zero attached hydrogens (tertiary/aromatic N) is 1. The molecule has 110 valence electrons. The molecule has 1 amide bonds. The predicted octanol–water partition coefficient (Wildman–Crippen LogP) is 1.80. The molecule has 1 saturated heterocycles. The van der Waals surface area contributed by atoms with Crippen LogP contribution in [-0.4, -0.2) is 43.1 Å². The van der Waals surface area contributed by atoms with Crippen molar-refractivity contribution in [2.45, 2.75) is 31.9 Å². The standard InChI is InChI=1S/C15H21FN2O2/c1-11(20-14-7-3-5-12(16)9-14)15(19)18-8-4-6-13(18)10-17-2/h3,5,7,9,11,13,17H,4,6,8,10H2,1-2H3. The lowest BCUT2D eigenvalue weighted by Crippen LogP contribution is -2.46. The van der Waals surface area contributed by atoms with Gasteiger partial charge in [0, 0.05) is 25.2 Å². The first kappa shape index (κ1) is 14.8. The van der Waals surface area contributed by atoms with E-state index in [9.17, 15) is 9.18 Å². The summed E-state index contributed by atoms with van der Waals surface area (Å²) >= 11 is 0. The number of carbonyl (C=O) groups is 1. The Kier molecular flexibility index (Phi) is 4.95. The molecule has 1 fully saturated rings. The number of hydrogen-bond donors (Lipinski definition) is 1. The van der Waals surface area contributed by atoms with Gasteiger partial charge in [-0.2, -0.15) is 0 Å². The number of hydrogen-bond acceptors (Lipinski definition) is 3. The summed E-state index contributed by atoms with van der Waals surface area (Å²) in [4.78, 5) is 14.3. The van der Waals surface area contributed by atoms with Crippen LogP contribution < -0.4 is 10.1 Å². The normalized spacial score (nSPS) is 19.9. The van der Waals surface area contributed by atoms with Gasteiger partial charge in [-0.25, -0.2) is 4.39 Å². The number of carbonyl (C=O) groups excluding carboxylic acids is 1. The van der Waals surface area contributed by atoms with Crippen LogP contribution in [0.4, 0.5) is 4.39 Å². The molecule has 2 atom stereocenters. The summed E-state index contributed by atoms with van der Waals surface area (Å²) in [5, 5.41) is 3.11. The Morgan fingerprint density at radius 3 is 3.10 bits per heavy atom. The van der Waals surface area contributed by atoms with Crippen LogP contribution in [0.25, 0.3) is 0 Å². The predicted molar refractivity (Wildman–Crippen MR) is 75.2 cm³/mol. The fourth-order valence-corrected chi connectivity index (χ4v) is 2.60. The molecule has 5 heteroatoms. The van der Waals surface area contributed by atoms with Crippen molar-refractivity contribution in [2.24, 2.45) is 0 Å². The smallest absolute Gasteiger partial charge is 0.263 e. The highest BCUT2D eigenvalue weighted by molar-refractivity contribution is 5.81. The summed E-state index contributed by atoms with van der Waals surface area (Å²) in [6.45, 7) is 3.27. The zero-order valence-electron chi connectivity index (χ0n) is 11.9. The summed E-state index contributed by atoms with van der Waals surface area (Å²) in [6, 6.07) is 6.09. The maximum atomic E-state index is 13.1. The van der Waals surface area contributed by atoms with Crippen LogP contribution in [-0.2, 0) is 4.79 Å². The third-order valence-corrected chi connectivity index (χ3v) is 3.56. The van der Waals surface area contributed by atoms with Crippen LogP contribution in [0, 0.1) is 5.82 Å². The number of halogens is 1. The van der Waals surface area contributed by atoms with E-state index in [4.69, 9.17) is 4.74 Å². The Balaban J connectivity index is 1.98. The van der Waals surface area contributed by atoms with Gasteiger partial charge in [0.1, 0.15) is 11.6 Å². The number of benzene rings is 1. The van der Waals surface area contributed by atoms with Crippen molar-refractivity contribution < 1.29 is 13.9 Å². The molecular weight excluding hydrogens is 259 g/mol. The largest absolute Gasteiger partial charge is 0.481 e. The fraction of sp³-hybridized carbons (Fsp3) is 0.533. The van der Waals surface area contributed by atoms with Crippen LogP contribution in [0.15, 0.2) is 24.3 Å². The molecule has 1 aromatic carbocycles. The number of ether oxygens (including phenoxy) is 1. The number of nitrogens with one attached hydrogen (secondary N) is 1. The number of likely N-dealkylation sites (tertiary alicyclic amines) is 1. The van der Waals surface area contributed by atoms with Gasteiger partial charge in [0.15, 0.2) is 6.10 Å². The quantitative estimate of drug-likeness (QED) is 0.894. The monoisotopic (exact) mass is 280 g/mol. The lowest BCUT2D eigenvalue weighted by molar-refractivity contribution is -0.138. The second-order valence-electron chi connectivity index (χ2n) is 5.10. The van der Waals surface area contributed by atoms with Gasteiger partial charge >= 0.3 is 0 Å². The molecule has 1 aliphatic heterocycles. The molecule has 4 nitrogen and oxygen atoms in total. The molecule has 20 heavy (non-hydrogen) atoms. The van der Waals surface area contributed by atoms with E-state index in [1.165, 1.54) is 12.1 Å². The van der Waals surface area contributed by atoms with E-state index in [0.717, 1.165) is 25.9 Å². The van der Waals surface area contributed by atoms with Gasteiger partial charge in [-0.05, 0) is 38.9 Å². The van der Waals surface area contributed by atoms with Crippen molar-refractivity contribution in [1.82, 2.24) is 10.2 Å². The minimum Gasteiger partial charge on any atom is -0.481 e. The Hall–Kier alpha value is -1.62. The van der Waals surface area contributed by atoms with Gasteiger partial charge in [-0.1, -0.05) is 6.07 Å². The van der Waals surface area contributed by atoms with Crippen molar-refractivity contribution in [3.63, 3.8) is 0 Å². The highest BCUT2D eigenvalue weighted by atomic mass is 19.1. The van der Waals surface area contributed by atoms with E-state index in [2.05, 4.69) is 5.32 Å². The molecule has 1 N–H and O–H groups in total. The second-order valence-corrected chi connectivity index (χ2v) is 5.10. The highest BCUT2D eigenvalue weighted by Gasteiger charge is 2.31. The maximum absolute atomic E-state index is 13.1. The third kappa shape index (κ3) is 3.48. The van der Waals surface area contributed by atoms with Crippen molar-refractivity contribution in [3.05, 3.63) is 30.1 Å². The van der Waals surface area contributed by atoms with Gasteiger partial charge < -0.3 is 15.0 Å². The van der Waals surface area contributed by atoms with Crippen molar-refractivity contribution >= 4 is 5.91 Å². The minimum atomic E-state index is -0.603. The van der Waals surface area contributed by atoms with E-state index in [0.29, 0.717) is 5.75 Å². The summed E-state index contributed by atoms with van der Waals surface area (Å²) in [7, 11) is 1.88. The molecule has 1 aliphatic rings. The lowest BCUT2D eigenvalue weighted by atomic mass is 10.2. The van der Waals surface area contributed by atoms with Crippen molar-refractivity contribution in [1.29, 1.82) is 0 Å². The highest BCUT2D eigenvalue weighted by Crippen LogP contribution is 2.20. The molecule has 0 bridgehead atoms. The van der Waals surface area contributed by atoms with Crippen LogP contribution in [0.5, 0.6) is 5.75 Å². The molecule has 2 unspecified atom stereocenters. The summed E-state index contributed by atoms with van der Waals surface area (Å²) in [5.74, 6) is -0.0152. The van der Waals surface area contributed by atoms with Crippen molar-refractivity contribution in [2.75, 3.05) is 20.1 Å². The molecule has 0 spiro atoms. The van der Waals surface area contributed by atoms with E-state index in [1.54, 1.807) is 19.1 Å². The average molecular weight is 280 g/mol. The van der Waals surface area contributed by atoms with Gasteiger partial charge in [0.05, 0.1) is 0 Å². The van der Waals surface area contributed by atoms with E-state index < -0.39 is 6.10 Å². The Bertz CT molecular complexity index is 467. The molecule has 0 aliphatic carbocycles. The second kappa shape index (κ2) is 6.70. The Morgan fingerprint density at radius 1 is 1.60 bits per heavy atom. The molecule has 1 heterocycles. The first-order valence-electron chi connectivity index (χ1n) is 6.99. The van der Waals surface area contributed by atoms with E-state index in [-0.39, 0.29) is 17.8 Å². The SMILES string of the molecule is CNCC1CCCN1C(=O)C(C)Oc1cccc(F)c1. The van der Waals surface area contributed by atoms with Gasteiger partial charge in [-0.15, -0.1) is 0 Å². The zero-order chi connectivity index (χ0) is 14.5. The molecule has 1 aromatic rings. The summed E-state index contributed by atoms with van der Waals surface area (Å²) < 4.78 is 18.6. The first-order valence-corrected chi connectivity index (χ1v) is 6.99. The average Bonchev–Trinajstić information content (AvgIpc) is 2.86. The minimum absolute atomic E-state index is 0.0352. The first-order chi connectivity index (χ1) is 9.61. The molecule has 0 saturated carbocycles. The molecule has 2 rings (SSSR count). The molecule has 0 aromatic heterocycles. The van der Waals surface area contributed by atoms with Gasteiger partial charge in [0.25, 0.3) is 5.91 Å². The van der Waals surface area contributed by atoms with Crippen LogP contribution in [0.3, 0.4) is 0 Å². The van der Waals surface area contributed by atoms with E-state index >= 15 is 0 Å². The number of likely N-dealkylation sites (N-methyl/N-ethyl adjacent to an activating group) is 1. The Labute approximate surface area is 118 Å². The fourth-order valence-electron chi connectivity index (χ4n) is 2.60. The van der Waals surface area contributed by atoms with Crippen LogP contribution in [0.1, 0.15) is 19.8 Å². The van der Waals surface area contributed by atoms with Crippen LogP contribution >= 0.6 is 0 Å². The van der Waals surface area contributed by atoms with Crippen molar-refractivity contribution in [3.8, 4) is 5.75 Å². The summed E-state index contributed by atoms with van der Waals surface area (Å²) in [6.07, 6.45) is 1.43. The Morgan fingerprint density at radius 2 is 2.40 bits per heavy atom. The third-order valence-electron chi connectivity index (χ3n) is 3.56. The van der Waals surface area contributed by atoms with Crippen LogP contribution in [0.2, 0.25) is 0 Å². The van der Waals surface area contributed by atoms with Gasteiger partial charge in [0.2, 0.25) is 0 Å². The molecular formula is C15H21FN2O2. The number of rotatable bonds is 5. The topological polar surface area (TPSA) is 41.6 Å². The number of amides is 1. The summed E-state index contributed by atoms with van der Waals surface area (Å²) in [5.41, 5.74) is 0. The van der Waals surface area contributed by atoms with E-state index in [1.807, 2.05) is 11.9 Å². The lowest BCUT2D eigenvalue weighted by Gasteiger charge is -2.27.